The van der Waals surface area contributed by atoms with Crippen LogP contribution in [-0.2, 0) is 0 Å². The number of nitrogen functional groups attached to an aromatic ring is 1. The zero-order valence-corrected chi connectivity index (χ0v) is 12.3. The first-order valence-electron chi connectivity index (χ1n) is 5.72. The molecule has 0 aliphatic rings. The van der Waals surface area contributed by atoms with Crippen LogP contribution in [0.15, 0.2) is 40.9 Å². The molecule has 0 atom stereocenters. The third-order valence-corrected chi connectivity index (χ3v) is 3.27. The van der Waals surface area contributed by atoms with Crippen LogP contribution in [0.1, 0.15) is 10.4 Å². The summed E-state index contributed by atoms with van der Waals surface area (Å²) >= 11 is 3.39. The maximum atomic E-state index is 11.1. The summed E-state index contributed by atoms with van der Waals surface area (Å²) in [4.78, 5) is 11.1. The number of hydrogen-bond donors (Lipinski definition) is 2. The van der Waals surface area contributed by atoms with Gasteiger partial charge in [-0.15, -0.1) is 0 Å². The Hall–Kier alpha value is -2.21. The Labute approximate surface area is 124 Å². The Morgan fingerprint density at radius 1 is 1.15 bits per heavy atom. The number of benzene rings is 2. The van der Waals surface area contributed by atoms with Crippen molar-refractivity contribution in [2.75, 3.05) is 12.8 Å². The Morgan fingerprint density at radius 3 is 2.40 bits per heavy atom. The van der Waals surface area contributed by atoms with E-state index in [0.717, 1.165) is 4.47 Å². The van der Waals surface area contributed by atoms with Gasteiger partial charge in [-0.05, 0) is 52.3 Å². The van der Waals surface area contributed by atoms with Crippen LogP contribution in [0.5, 0.6) is 17.2 Å². The first kappa shape index (κ1) is 14.2. The van der Waals surface area contributed by atoms with Crippen LogP contribution in [-0.4, -0.2) is 13.0 Å². The largest absolute Gasteiger partial charge is 0.497 e. The van der Waals surface area contributed by atoms with Crippen molar-refractivity contribution >= 4 is 27.5 Å². The Kier molecular flexibility index (Phi) is 4.14. The molecule has 2 aromatic rings. The normalized spacial score (nSPS) is 10.1. The molecule has 0 aliphatic heterocycles. The van der Waals surface area contributed by atoms with Gasteiger partial charge in [0.25, 0.3) is 0 Å². The Bertz CT molecular complexity index is 659. The average Bonchev–Trinajstić information content (AvgIpc) is 2.42. The molecule has 5 nitrogen and oxygen atoms in total. The van der Waals surface area contributed by atoms with Crippen molar-refractivity contribution in [2.45, 2.75) is 0 Å². The molecule has 6 heteroatoms. The van der Waals surface area contributed by atoms with Gasteiger partial charge in [-0.3, -0.25) is 4.79 Å². The second-order valence-electron chi connectivity index (χ2n) is 4.02. The molecular weight excluding hydrogens is 324 g/mol. The minimum absolute atomic E-state index is 0.337. The van der Waals surface area contributed by atoms with E-state index in [-0.39, 0.29) is 0 Å². The molecule has 0 aromatic heterocycles. The van der Waals surface area contributed by atoms with Gasteiger partial charge in [-0.2, -0.15) is 0 Å². The van der Waals surface area contributed by atoms with Crippen molar-refractivity contribution in [3.05, 3.63) is 46.4 Å². The predicted octanol–water partition coefficient (Wildman–Crippen LogP) is 2.93. The van der Waals surface area contributed by atoms with E-state index < -0.39 is 5.91 Å². The molecule has 0 heterocycles. The third-order valence-electron chi connectivity index (χ3n) is 2.65. The first-order valence-corrected chi connectivity index (χ1v) is 6.51. The van der Waals surface area contributed by atoms with Crippen LogP contribution in [0.25, 0.3) is 0 Å². The standard InChI is InChI=1S/C14H13BrN2O3/c1-19-9-3-5-12(10(15)7-9)20-13-4-2-8(14(17)18)6-11(13)16/h2-7H,16H2,1H3,(H2,17,18). The number of carbonyl (C=O) groups is 1. The van der Waals surface area contributed by atoms with Gasteiger partial charge in [0.05, 0.1) is 17.3 Å². The number of carbonyl (C=O) groups excluding carboxylic acids is 1. The van der Waals surface area contributed by atoms with Gasteiger partial charge in [0.15, 0.2) is 0 Å². The number of anilines is 1. The monoisotopic (exact) mass is 336 g/mol. The molecule has 0 aliphatic carbocycles. The average molecular weight is 337 g/mol. The number of hydrogen-bond acceptors (Lipinski definition) is 4. The molecule has 0 spiro atoms. The topological polar surface area (TPSA) is 87.6 Å². The lowest BCUT2D eigenvalue weighted by Gasteiger charge is -2.11. The van der Waals surface area contributed by atoms with E-state index in [1.165, 1.54) is 6.07 Å². The summed E-state index contributed by atoms with van der Waals surface area (Å²) in [6, 6.07) is 9.95. The van der Waals surface area contributed by atoms with E-state index in [1.807, 2.05) is 0 Å². The quantitative estimate of drug-likeness (QED) is 0.840. The fourth-order valence-corrected chi connectivity index (χ4v) is 2.04. The van der Waals surface area contributed by atoms with Crippen molar-refractivity contribution in [1.82, 2.24) is 0 Å². The summed E-state index contributed by atoms with van der Waals surface area (Å²) in [6.07, 6.45) is 0. The van der Waals surface area contributed by atoms with Crippen molar-refractivity contribution < 1.29 is 14.3 Å². The second kappa shape index (κ2) is 5.83. The molecule has 104 valence electrons. The molecule has 2 aromatic carbocycles. The van der Waals surface area contributed by atoms with Crippen LogP contribution < -0.4 is 20.9 Å². The fourth-order valence-electron chi connectivity index (χ4n) is 1.60. The number of amides is 1. The van der Waals surface area contributed by atoms with Gasteiger partial charge in [0, 0.05) is 5.56 Å². The van der Waals surface area contributed by atoms with Crippen molar-refractivity contribution in [1.29, 1.82) is 0 Å². The van der Waals surface area contributed by atoms with Crippen molar-refractivity contribution in [3.8, 4) is 17.2 Å². The highest BCUT2D eigenvalue weighted by Crippen LogP contribution is 2.35. The molecule has 0 radical (unpaired) electrons. The molecule has 0 bridgehead atoms. The van der Waals surface area contributed by atoms with Crippen LogP contribution in [0, 0.1) is 0 Å². The molecule has 0 unspecified atom stereocenters. The van der Waals surface area contributed by atoms with Gasteiger partial charge in [0.2, 0.25) is 5.91 Å². The maximum absolute atomic E-state index is 11.1. The van der Waals surface area contributed by atoms with E-state index in [0.29, 0.717) is 28.5 Å². The van der Waals surface area contributed by atoms with E-state index in [9.17, 15) is 4.79 Å². The number of nitrogens with two attached hydrogens (primary N) is 2. The lowest BCUT2D eigenvalue weighted by molar-refractivity contribution is 0.100. The van der Waals surface area contributed by atoms with Crippen LogP contribution in [0.3, 0.4) is 0 Å². The maximum Gasteiger partial charge on any atom is 0.248 e. The van der Waals surface area contributed by atoms with E-state index >= 15 is 0 Å². The highest BCUT2D eigenvalue weighted by Gasteiger charge is 2.09. The summed E-state index contributed by atoms with van der Waals surface area (Å²) in [7, 11) is 1.59. The molecule has 0 fully saturated rings. The van der Waals surface area contributed by atoms with Crippen LogP contribution in [0.2, 0.25) is 0 Å². The van der Waals surface area contributed by atoms with Crippen molar-refractivity contribution in [2.24, 2.45) is 5.73 Å². The molecule has 0 saturated heterocycles. The highest BCUT2D eigenvalue weighted by molar-refractivity contribution is 9.10. The summed E-state index contributed by atoms with van der Waals surface area (Å²) in [5.74, 6) is 1.21. The smallest absolute Gasteiger partial charge is 0.248 e. The van der Waals surface area contributed by atoms with Gasteiger partial charge < -0.3 is 20.9 Å². The second-order valence-corrected chi connectivity index (χ2v) is 4.87. The lowest BCUT2D eigenvalue weighted by atomic mass is 10.2. The Balaban J connectivity index is 2.28. The predicted molar refractivity (Wildman–Crippen MR) is 80.1 cm³/mol. The van der Waals surface area contributed by atoms with E-state index in [4.69, 9.17) is 20.9 Å². The zero-order valence-electron chi connectivity index (χ0n) is 10.7. The summed E-state index contributed by atoms with van der Waals surface area (Å²) in [5, 5.41) is 0. The number of methoxy groups -OCH3 is 1. The SMILES string of the molecule is COc1ccc(Oc2ccc(C(N)=O)cc2N)c(Br)c1. The zero-order chi connectivity index (χ0) is 14.7. The molecule has 4 N–H and O–H groups in total. The fraction of sp³-hybridized carbons (Fsp3) is 0.0714. The van der Waals surface area contributed by atoms with Crippen LogP contribution in [0.4, 0.5) is 5.69 Å². The van der Waals surface area contributed by atoms with Gasteiger partial charge in [-0.25, -0.2) is 0 Å². The third kappa shape index (κ3) is 3.03. The Morgan fingerprint density at radius 2 is 1.85 bits per heavy atom. The molecule has 2 rings (SSSR count). The van der Waals surface area contributed by atoms with Crippen molar-refractivity contribution in [3.63, 3.8) is 0 Å². The van der Waals surface area contributed by atoms with Gasteiger partial charge >= 0.3 is 0 Å². The number of rotatable bonds is 4. The minimum Gasteiger partial charge on any atom is -0.497 e. The molecule has 20 heavy (non-hydrogen) atoms. The van der Waals surface area contributed by atoms with E-state index in [1.54, 1.807) is 37.4 Å². The summed E-state index contributed by atoms with van der Waals surface area (Å²) in [6.45, 7) is 0. The van der Waals surface area contributed by atoms with Gasteiger partial charge in [0.1, 0.15) is 17.2 Å². The molecule has 1 amide bonds. The highest BCUT2D eigenvalue weighted by atomic mass is 79.9. The molecule has 0 saturated carbocycles. The summed E-state index contributed by atoms with van der Waals surface area (Å²) in [5.41, 5.74) is 11.7. The minimum atomic E-state index is -0.533. The first-order chi connectivity index (χ1) is 9.51. The number of ether oxygens (including phenoxy) is 2. The molecular formula is C14H13BrN2O3. The summed E-state index contributed by atoms with van der Waals surface area (Å²) < 4.78 is 11.5. The lowest BCUT2D eigenvalue weighted by Crippen LogP contribution is -2.11. The van der Waals surface area contributed by atoms with Crippen LogP contribution >= 0.6 is 15.9 Å². The number of primary amides is 1. The van der Waals surface area contributed by atoms with Gasteiger partial charge in [-0.1, -0.05) is 0 Å². The number of halogens is 1. The van der Waals surface area contributed by atoms with E-state index in [2.05, 4.69) is 15.9 Å².